The number of amides is 1. The Morgan fingerprint density at radius 2 is 2.09 bits per heavy atom. The van der Waals surface area contributed by atoms with Crippen LogP contribution in [0.5, 0.6) is 0 Å². The smallest absolute Gasteiger partial charge is 0.311 e. The second-order valence-electron chi connectivity index (χ2n) is 5.91. The topological polar surface area (TPSA) is 73.7 Å². The number of esters is 1. The van der Waals surface area contributed by atoms with Crippen LogP contribution in [0.25, 0.3) is 0 Å². The molecule has 1 aliphatic heterocycles. The molecule has 2 unspecified atom stereocenters. The predicted octanol–water partition coefficient (Wildman–Crippen LogP) is 1.30. The average Bonchev–Trinajstić information content (AvgIpc) is 2.95. The van der Waals surface area contributed by atoms with Crippen LogP contribution in [0.2, 0.25) is 0 Å². The largest absolute Gasteiger partial charge is 0.465 e. The number of aryl methyl sites for hydroxylation is 1. The molecule has 0 aliphatic carbocycles. The summed E-state index contributed by atoms with van der Waals surface area (Å²) >= 11 is 0. The molecule has 7 nitrogen and oxygen atoms in total. The average molecular weight is 323 g/mol. The summed E-state index contributed by atoms with van der Waals surface area (Å²) in [5.41, 5.74) is 0.865. The number of hydrogen-bond acceptors (Lipinski definition) is 5. The summed E-state index contributed by atoms with van der Waals surface area (Å²) in [6, 6.07) is -0.309. The molecule has 0 spiro atoms. The van der Waals surface area contributed by atoms with Crippen molar-refractivity contribution in [3.8, 4) is 0 Å². The number of carbonyl (C=O) groups excluding carboxylic acids is 2. The van der Waals surface area contributed by atoms with E-state index in [9.17, 15) is 9.59 Å². The molecule has 7 heteroatoms. The number of hydrogen-bond donors (Lipinski definition) is 0. The molecule has 0 saturated carbocycles. The molecule has 0 N–H and O–H groups in total. The van der Waals surface area contributed by atoms with Crippen molar-refractivity contribution in [2.75, 3.05) is 27.4 Å². The number of aromatic nitrogens is 2. The van der Waals surface area contributed by atoms with E-state index in [0.29, 0.717) is 26.1 Å². The van der Waals surface area contributed by atoms with E-state index in [1.165, 1.54) is 0 Å². The third-order valence-corrected chi connectivity index (χ3v) is 4.22. The lowest BCUT2D eigenvalue weighted by atomic mass is 9.86. The number of nitrogens with zero attached hydrogens (tertiary/aromatic N) is 3. The molecule has 1 aromatic heterocycles. The first-order chi connectivity index (χ1) is 11.0. The van der Waals surface area contributed by atoms with Crippen molar-refractivity contribution in [2.45, 2.75) is 31.7 Å². The predicted molar refractivity (Wildman–Crippen MR) is 83.5 cm³/mol. The molecule has 1 aromatic rings. The van der Waals surface area contributed by atoms with Crippen molar-refractivity contribution >= 4 is 11.9 Å². The fourth-order valence-electron chi connectivity index (χ4n) is 2.96. The lowest BCUT2D eigenvalue weighted by Gasteiger charge is -2.37. The van der Waals surface area contributed by atoms with Gasteiger partial charge in [0.05, 0.1) is 24.8 Å². The molecule has 1 saturated heterocycles. The second kappa shape index (κ2) is 8.10. The molecule has 1 fully saturated rings. The number of unbranched alkanes of at least 4 members (excludes halogenated alkanes) is 1. The van der Waals surface area contributed by atoms with Gasteiger partial charge in [-0.25, -0.2) is 0 Å². The minimum atomic E-state index is -0.343. The van der Waals surface area contributed by atoms with Crippen molar-refractivity contribution in [3.05, 3.63) is 18.0 Å². The standard InChI is InChI=1S/C16H25N3O4/c1-18-11-12(10-17-18)15-13(6-7-14(20)19(15)2)16(21)23-9-5-4-8-22-3/h10-11,13,15H,4-9H2,1-3H3. The summed E-state index contributed by atoms with van der Waals surface area (Å²) < 4.78 is 12.1. The van der Waals surface area contributed by atoms with Gasteiger partial charge in [-0.2, -0.15) is 5.10 Å². The summed E-state index contributed by atoms with van der Waals surface area (Å²) in [7, 11) is 5.20. The Bertz CT molecular complexity index is 543. The van der Waals surface area contributed by atoms with Crippen LogP contribution in [0.4, 0.5) is 0 Å². The van der Waals surface area contributed by atoms with E-state index in [2.05, 4.69) is 5.10 Å². The lowest BCUT2D eigenvalue weighted by molar-refractivity contribution is -0.156. The van der Waals surface area contributed by atoms with Crippen molar-refractivity contribution in [2.24, 2.45) is 13.0 Å². The van der Waals surface area contributed by atoms with Crippen molar-refractivity contribution in [3.63, 3.8) is 0 Å². The Morgan fingerprint density at radius 3 is 2.74 bits per heavy atom. The van der Waals surface area contributed by atoms with Crippen molar-refractivity contribution < 1.29 is 19.1 Å². The van der Waals surface area contributed by atoms with Gasteiger partial charge in [-0.15, -0.1) is 0 Å². The number of piperidine rings is 1. The van der Waals surface area contributed by atoms with Crippen LogP contribution < -0.4 is 0 Å². The number of methoxy groups -OCH3 is 1. The van der Waals surface area contributed by atoms with Crippen LogP contribution in [0.15, 0.2) is 12.4 Å². The van der Waals surface area contributed by atoms with Crippen LogP contribution in [-0.2, 0) is 26.1 Å². The zero-order chi connectivity index (χ0) is 16.8. The van der Waals surface area contributed by atoms with Gasteiger partial charge in [-0.3, -0.25) is 14.3 Å². The van der Waals surface area contributed by atoms with Crippen LogP contribution in [0.3, 0.4) is 0 Å². The molecular formula is C16H25N3O4. The van der Waals surface area contributed by atoms with E-state index in [4.69, 9.17) is 9.47 Å². The lowest BCUT2D eigenvalue weighted by Crippen LogP contribution is -2.43. The Balaban J connectivity index is 2.02. The molecule has 2 rings (SSSR count). The van der Waals surface area contributed by atoms with E-state index < -0.39 is 0 Å². The molecule has 2 heterocycles. The molecule has 1 amide bonds. The van der Waals surface area contributed by atoms with Gasteiger partial charge in [-0.1, -0.05) is 0 Å². The first-order valence-corrected chi connectivity index (χ1v) is 7.94. The van der Waals surface area contributed by atoms with Gasteiger partial charge in [-0.05, 0) is 19.3 Å². The SMILES string of the molecule is COCCCCOC(=O)C1CCC(=O)N(C)C1c1cnn(C)c1. The van der Waals surface area contributed by atoms with Crippen LogP contribution in [0.1, 0.15) is 37.3 Å². The minimum absolute atomic E-state index is 0.0444. The quantitative estimate of drug-likeness (QED) is 0.558. The monoisotopic (exact) mass is 323 g/mol. The number of carbonyl (C=O) groups is 2. The summed E-state index contributed by atoms with van der Waals surface area (Å²) in [5.74, 6) is -0.539. The molecule has 23 heavy (non-hydrogen) atoms. The fraction of sp³-hybridized carbons (Fsp3) is 0.688. The molecule has 2 atom stereocenters. The van der Waals surface area contributed by atoms with Gasteiger partial charge in [0.1, 0.15) is 0 Å². The highest BCUT2D eigenvalue weighted by Gasteiger charge is 2.40. The molecule has 128 valence electrons. The zero-order valence-corrected chi connectivity index (χ0v) is 14.0. The normalized spacial score (nSPS) is 21.5. The second-order valence-corrected chi connectivity index (χ2v) is 5.91. The maximum atomic E-state index is 12.5. The Labute approximate surface area is 136 Å². The number of rotatable bonds is 7. The van der Waals surface area contributed by atoms with Crippen LogP contribution in [0, 0.1) is 5.92 Å². The van der Waals surface area contributed by atoms with Crippen molar-refractivity contribution in [1.82, 2.24) is 14.7 Å². The summed E-state index contributed by atoms with van der Waals surface area (Å²) in [6.07, 6.45) is 6.07. The molecule has 0 aromatic carbocycles. The van der Waals surface area contributed by atoms with E-state index in [1.54, 1.807) is 29.9 Å². The first-order valence-electron chi connectivity index (χ1n) is 7.94. The third-order valence-electron chi connectivity index (χ3n) is 4.22. The third kappa shape index (κ3) is 4.31. The van der Waals surface area contributed by atoms with Gasteiger partial charge < -0.3 is 14.4 Å². The van der Waals surface area contributed by atoms with Gasteiger partial charge in [0.2, 0.25) is 5.91 Å². The fourth-order valence-corrected chi connectivity index (χ4v) is 2.96. The highest BCUT2D eigenvalue weighted by molar-refractivity contribution is 5.82. The van der Waals surface area contributed by atoms with Gasteiger partial charge in [0, 0.05) is 46.0 Å². The summed E-state index contributed by atoms with van der Waals surface area (Å²) in [5, 5.41) is 4.15. The van der Waals surface area contributed by atoms with E-state index in [-0.39, 0.29) is 23.8 Å². The molecule has 1 aliphatic rings. The van der Waals surface area contributed by atoms with Gasteiger partial charge >= 0.3 is 5.97 Å². The van der Waals surface area contributed by atoms with Crippen LogP contribution in [-0.4, -0.2) is 53.9 Å². The Hall–Kier alpha value is -1.89. The summed E-state index contributed by atoms with van der Waals surface area (Å²) in [4.78, 5) is 26.1. The number of likely N-dealkylation sites (tertiary alicyclic amines) is 1. The first kappa shape index (κ1) is 17.5. The van der Waals surface area contributed by atoms with Crippen LogP contribution >= 0.6 is 0 Å². The van der Waals surface area contributed by atoms with Crippen molar-refractivity contribution in [1.29, 1.82) is 0 Å². The summed E-state index contributed by atoms with van der Waals surface area (Å²) in [6.45, 7) is 1.05. The van der Waals surface area contributed by atoms with E-state index >= 15 is 0 Å². The maximum Gasteiger partial charge on any atom is 0.311 e. The minimum Gasteiger partial charge on any atom is -0.465 e. The van der Waals surface area contributed by atoms with Gasteiger partial charge in [0.15, 0.2) is 0 Å². The highest BCUT2D eigenvalue weighted by Crippen LogP contribution is 2.36. The van der Waals surface area contributed by atoms with Gasteiger partial charge in [0.25, 0.3) is 0 Å². The van der Waals surface area contributed by atoms with E-state index in [0.717, 1.165) is 18.4 Å². The zero-order valence-electron chi connectivity index (χ0n) is 14.0. The molecule has 0 bridgehead atoms. The van der Waals surface area contributed by atoms with E-state index in [1.807, 2.05) is 13.2 Å². The maximum absolute atomic E-state index is 12.5. The highest BCUT2D eigenvalue weighted by atomic mass is 16.5. The Kier molecular flexibility index (Phi) is 6.15. The molecule has 0 radical (unpaired) electrons. The Morgan fingerprint density at radius 1 is 1.35 bits per heavy atom. The number of ether oxygens (including phenoxy) is 2. The molecular weight excluding hydrogens is 298 g/mol.